The monoisotopic (exact) mass is 430 g/mol. The van der Waals surface area contributed by atoms with Crippen LogP contribution in [0.15, 0.2) is 84.5 Å². The predicted molar refractivity (Wildman–Crippen MR) is 122 cm³/mol. The zero-order valence-electron chi connectivity index (χ0n) is 16.8. The second-order valence-electron chi connectivity index (χ2n) is 6.98. The number of benzene rings is 2. The Balaban J connectivity index is 1.23. The summed E-state index contributed by atoms with van der Waals surface area (Å²) in [6, 6.07) is 20.9. The Labute approximate surface area is 184 Å². The minimum Gasteiger partial charge on any atom is -0.352 e. The molecule has 2 aromatic carbocycles. The van der Waals surface area contributed by atoms with Crippen molar-refractivity contribution in [3.63, 3.8) is 0 Å². The molecule has 0 unspecified atom stereocenters. The molecule has 31 heavy (non-hydrogen) atoms. The van der Waals surface area contributed by atoms with Crippen LogP contribution in [0.1, 0.15) is 31.2 Å². The highest BCUT2D eigenvalue weighted by atomic mass is 32.1. The predicted octanol–water partition coefficient (Wildman–Crippen LogP) is 3.84. The number of hydrogen-bond donors (Lipinski definition) is 2. The van der Waals surface area contributed by atoms with Crippen molar-refractivity contribution in [2.24, 2.45) is 0 Å². The molecule has 2 N–H and O–H groups in total. The van der Waals surface area contributed by atoms with Gasteiger partial charge in [-0.3, -0.25) is 9.59 Å². The molecule has 2 heterocycles. The minimum atomic E-state index is -0.109. The lowest BCUT2D eigenvalue weighted by Crippen LogP contribution is -2.26. The lowest BCUT2D eigenvalue weighted by molar-refractivity contribution is 0.0945. The molecule has 0 radical (unpaired) electrons. The first kappa shape index (κ1) is 20.6. The van der Waals surface area contributed by atoms with Gasteiger partial charge in [-0.15, -0.1) is 11.3 Å². The van der Waals surface area contributed by atoms with Gasteiger partial charge >= 0.3 is 0 Å². The van der Waals surface area contributed by atoms with E-state index in [1.807, 2.05) is 64.8 Å². The van der Waals surface area contributed by atoms with Crippen molar-refractivity contribution in [1.82, 2.24) is 20.4 Å². The number of aromatic nitrogens is 2. The molecule has 2 amide bonds. The number of carbonyl (C=O) groups is 2. The molecule has 6 nitrogen and oxygen atoms in total. The molecule has 0 aliphatic rings. The van der Waals surface area contributed by atoms with Crippen LogP contribution < -0.4 is 10.6 Å². The van der Waals surface area contributed by atoms with Gasteiger partial charge < -0.3 is 10.6 Å². The van der Waals surface area contributed by atoms with E-state index < -0.39 is 0 Å². The van der Waals surface area contributed by atoms with Gasteiger partial charge in [0.05, 0.1) is 10.6 Å². The Kier molecular flexibility index (Phi) is 6.54. The maximum absolute atomic E-state index is 12.4. The van der Waals surface area contributed by atoms with Crippen molar-refractivity contribution in [2.75, 3.05) is 6.54 Å². The van der Waals surface area contributed by atoms with E-state index in [1.165, 1.54) is 11.3 Å². The largest absolute Gasteiger partial charge is 0.352 e. The number of thiophene rings is 1. The van der Waals surface area contributed by atoms with Gasteiger partial charge in [0.2, 0.25) is 0 Å². The lowest BCUT2D eigenvalue weighted by Gasteiger charge is -2.08. The van der Waals surface area contributed by atoms with Gasteiger partial charge in [-0.25, -0.2) is 4.68 Å². The van der Waals surface area contributed by atoms with E-state index in [4.69, 9.17) is 0 Å². The number of hydrogen-bond acceptors (Lipinski definition) is 4. The fraction of sp³-hybridized carbons (Fsp3) is 0.125. The van der Waals surface area contributed by atoms with Gasteiger partial charge in [0.15, 0.2) is 0 Å². The summed E-state index contributed by atoms with van der Waals surface area (Å²) in [5.74, 6) is -0.197. The molecule has 0 aliphatic heterocycles. The fourth-order valence-corrected chi connectivity index (χ4v) is 3.75. The molecule has 0 bridgehead atoms. The number of rotatable bonds is 8. The third-order valence-electron chi connectivity index (χ3n) is 4.82. The minimum absolute atomic E-state index is 0.0884. The fourth-order valence-electron chi connectivity index (χ4n) is 3.11. The molecule has 0 spiro atoms. The average molecular weight is 431 g/mol. The lowest BCUT2D eigenvalue weighted by atomic mass is 10.1. The van der Waals surface area contributed by atoms with Crippen LogP contribution in [0.2, 0.25) is 0 Å². The first-order chi connectivity index (χ1) is 15.2. The molecule has 4 rings (SSSR count). The maximum atomic E-state index is 12.4. The van der Waals surface area contributed by atoms with E-state index in [-0.39, 0.29) is 11.8 Å². The average Bonchev–Trinajstić information content (AvgIpc) is 3.53. The summed E-state index contributed by atoms with van der Waals surface area (Å²) in [6.07, 6.45) is 4.40. The van der Waals surface area contributed by atoms with Crippen LogP contribution in [0.5, 0.6) is 0 Å². The molecule has 0 fully saturated rings. The zero-order chi connectivity index (χ0) is 21.5. The number of nitrogens with one attached hydrogen (secondary N) is 2. The van der Waals surface area contributed by atoms with E-state index in [0.29, 0.717) is 23.5 Å². The molecule has 156 valence electrons. The van der Waals surface area contributed by atoms with Crippen LogP contribution in [0.3, 0.4) is 0 Å². The van der Waals surface area contributed by atoms with Gasteiger partial charge in [0.1, 0.15) is 0 Å². The maximum Gasteiger partial charge on any atom is 0.261 e. The summed E-state index contributed by atoms with van der Waals surface area (Å²) in [4.78, 5) is 25.1. The van der Waals surface area contributed by atoms with Crippen molar-refractivity contribution in [1.29, 1.82) is 0 Å². The quantitative estimate of drug-likeness (QED) is 0.446. The van der Waals surface area contributed by atoms with Crippen LogP contribution in [0, 0.1) is 0 Å². The van der Waals surface area contributed by atoms with Crippen molar-refractivity contribution < 1.29 is 9.59 Å². The molecule has 0 aliphatic carbocycles. The van der Waals surface area contributed by atoms with E-state index in [2.05, 4.69) is 15.7 Å². The molecular formula is C24H22N4O2S. The summed E-state index contributed by atoms with van der Waals surface area (Å²) < 4.78 is 1.81. The third-order valence-corrected chi connectivity index (χ3v) is 5.69. The summed E-state index contributed by atoms with van der Waals surface area (Å²) in [5.41, 5.74) is 3.69. The Morgan fingerprint density at radius 1 is 0.871 bits per heavy atom. The number of amides is 2. The summed E-state index contributed by atoms with van der Waals surface area (Å²) in [7, 11) is 0. The van der Waals surface area contributed by atoms with E-state index in [9.17, 15) is 9.59 Å². The molecule has 4 aromatic rings. The van der Waals surface area contributed by atoms with E-state index in [1.54, 1.807) is 24.4 Å². The Bertz CT molecular complexity index is 1120. The van der Waals surface area contributed by atoms with Crippen molar-refractivity contribution in [3.05, 3.63) is 106 Å². The number of nitrogens with zero attached hydrogens (tertiary/aromatic N) is 2. The molecule has 0 saturated carbocycles. The van der Waals surface area contributed by atoms with Gasteiger partial charge in [-0.05, 0) is 59.3 Å². The topological polar surface area (TPSA) is 76.0 Å². The van der Waals surface area contributed by atoms with Crippen LogP contribution in [0.25, 0.3) is 5.69 Å². The van der Waals surface area contributed by atoms with Gasteiger partial charge in [0.25, 0.3) is 11.8 Å². The van der Waals surface area contributed by atoms with Crippen LogP contribution in [-0.2, 0) is 13.0 Å². The standard InChI is InChI=1S/C24H22N4O2S/c29-23(25-14-12-18-6-10-21(11-7-18)28-15-2-13-27-28)20-8-4-19(5-9-20)17-26-24(30)22-3-1-16-31-22/h1-11,13,15-16H,12,14,17H2,(H,25,29)(H,26,30). The molecular weight excluding hydrogens is 408 g/mol. The highest BCUT2D eigenvalue weighted by Gasteiger charge is 2.08. The Morgan fingerprint density at radius 2 is 1.65 bits per heavy atom. The van der Waals surface area contributed by atoms with Crippen LogP contribution in [-0.4, -0.2) is 28.1 Å². The Hall–Kier alpha value is -3.71. The van der Waals surface area contributed by atoms with Gasteiger partial charge in [-0.2, -0.15) is 5.10 Å². The molecule has 2 aromatic heterocycles. The van der Waals surface area contributed by atoms with Gasteiger partial charge in [-0.1, -0.05) is 30.3 Å². The highest BCUT2D eigenvalue weighted by molar-refractivity contribution is 7.12. The Morgan fingerprint density at radius 3 is 2.32 bits per heavy atom. The normalized spacial score (nSPS) is 10.6. The van der Waals surface area contributed by atoms with E-state index in [0.717, 1.165) is 23.2 Å². The molecule has 7 heteroatoms. The first-order valence-electron chi connectivity index (χ1n) is 9.97. The highest BCUT2D eigenvalue weighted by Crippen LogP contribution is 2.10. The summed E-state index contributed by atoms with van der Waals surface area (Å²) in [6.45, 7) is 0.978. The van der Waals surface area contributed by atoms with E-state index >= 15 is 0 Å². The van der Waals surface area contributed by atoms with Crippen molar-refractivity contribution >= 4 is 23.2 Å². The number of carbonyl (C=O) groups excluding carboxylic acids is 2. The van der Waals surface area contributed by atoms with Crippen molar-refractivity contribution in [2.45, 2.75) is 13.0 Å². The SMILES string of the molecule is O=C(NCCc1ccc(-n2cccn2)cc1)c1ccc(CNC(=O)c2cccs2)cc1. The summed E-state index contributed by atoms with van der Waals surface area (Å²) in [5, 5.41) is 11.9. The zero-order valence-corrected chi connectivity index (χ0v) is 17.6. The first-order valence-corrected chi connectivity index (χ1v) is 10.8. The van der Waals surface area contributed by atoms with Crippen LogP contribution >= 0.6 is 11.3 Å². The molecule has 0 saturated heterocycles. The van der Waals surface area contributed by atoms with Gasteiger partial charge in [0, 0.05) is 31.0 Å². The van der Waals surface area contributed by atoms with Crippen molar-refractivity contribution in [3.8, 4) is 5.69 Å². The molecule has 0 atom stereocenters. The smallest absolute Gasteiger partial charge is 0.261 e. The second kappa shape index (κ2) is 9.86. The van der Waals surface area contributed by atoms with Crippen LogP contribution in [0.4, 0.5) is 0 Å². The third kappa shape index (κ3) is 5.46. The summed E-state index contributed by atoms with van der Waals surface area (Å²) >= 11 is 1.41. The second-order valence-corrected chi connectivity index (χ2v) is 7.93.